The van der Waals surface area contributed by atoms with Gasteiger partial charge in [0.2, 0.25) is 5.88 Å². The van der Waals surface area contributed by atoms with Gasteiger partial charge in [0, 0.05) is 16.7 Å². The van der Waals surface area contributed by atoms with Gasteiger partial charge in [0.1, 0.15) is 6.61 Å². The Morgan fingerprint density at radius 3 is 2.54 bits per heavy atom. The van der Waals surface area contributed by atoms with Gasteiger partial charge in [-0.1, -0.05) is 73.5 Å². The van der Waals surface area contributed by atoms with Gasteiger partial charge in [0.05, 0.1) is 12.2 Å². The Bertz CT molecular complexity index is 783. The van der Waals surface area contributed by atoms with Gasteiger partial charge in [0.15, 0.2) is 0 Å². The zero-order chi connectivity index (χ0) is 16.8. The molecule has 3 aromatic rings. The molecule has 3 nitrogen and oxygen atoms in total. The van der Waals surface area contributed by atoms with Crippen LogP contribution in [0.15, 0.2) is 60.7 Å². The summed E-state index contributed by atoms with van der Waals surface area (Å²) in [7, 11) is 0. The summed E-state index contributed by atoms with van der Waals surface area (Å²) in [5.41, 5.74) is 3.23. The molecule has 4 heteroatoms. The Kier molecular flexibility index (Phi) is 5.55. The van der Waals surface area contributed by atoms with E-state index in [1.54, 1.807) is 0 Å². The molecule has 1 heterocycles. The molecule has 0 N–H and O–H groups in total. The van der Waals surface area contributed by atoms with E-state index in [1.165, 1.54) is 5.56 Å². The summed E-state index contributed by atoms with van der Waals surface area (Å²) < 4.78 is 7.95. The number of aryl methyl sites for hydroxylation is 1. The minimum absolute atomic E-state index is 0.436. The van der Waals surface area contributed by atoms with Gasteiger partial charge in [-0.25, -0.2) is 4.68 Å². The van der Waals surface area contributed by atoms with Gasteiger partial charge in [-0.3, -0.25) is 0 Å². The van der Waals surface area contributed by atoms with Crippen LogP contribution < -0.4 is 4.74 Å². The van der Waals surface area contributed by atoms with Gasteiger partial charge in [-0.2, -0.15) is 5.10 Å². The molecule has 0 radical (unpaired) electrons. The molecule has 0 amide bonds. The van der Waals surface area contributed by atoms with Crippen molar-refractivity contribution in [3.8, 4) is 5.88 Å². The van der Waals surface area contributed by atoms with Gasteiger partial charge in [-0.05, 0) is 18.1 Å². The van der Waals surface area contributed by atoms with Crippen LogP contribution in [0.1, 0.15) is 30.2 Å². The smallest absolute Gasteiger partial charge is 0.212 e. The van der Waals surface area contributed by atoms with Crippen molar-refractivity contribution >= 4 is 11.6 Å². The molecule has 0 bridgehead atoms. The zero-order valence-electron chi connectivity index (χ0n) is 13.8. The first-order chi connectivity index (χ1) is 11.8. The van der Waals surface area contributed by atoms with E-state index in [0.29, 0.717) is 13.2 Å². The number of halogens is 1. The van der Waals surface area contributed by atoms with Crippen molar-refractivity contribution in [2.45, 2.75) is 32.9 Å². The lowest BCUT2D eigenvalue weighted by atomic mass is 10.2. The van der Waals surface area contributed by atoms with E-state index < -0.39 is 0 Å². The van der Waals surface area contributed by atoms with E-state index in [-0.39, 0.29) is 0 Å². The third-order valence-electron chi connectivity index (χ3n) is 3.81. The summed E-state index contributed by atoms with van der Waals surface area (Å²) in [4.78, 5) is 0. The third-order valence-corrected chi connectivity index (χ3v) is 4.18. The summed E-state index contributed by atoms with van der Waals surface area (Å²) in [6.07, 6.45) is 2.01. The molecule has 0 aliphatic heterocycles. The average Bonchev–Trinajstić information content (AvgIpc) is 2.97. The van der Waals surface area contributed by atoms with Crippen molar-refractivity contribution in [1.82, 2.24) is 9.78 Å². The van der Waals surface area contributed by atoms with Crippen LogP contribution >= 0.6 is 11.6 Å². The number of nitrogens with zero attached hydrogens (tertiary/aromatic N) is 2. The molecule has 0 aliphatic carbocycles. The van der Waals surface area contributed by atoms with Gasteiger partial charge < -0.3 is 4.74 Å². The minimum Gasteiger partial charge on any atom is -0.473 e. The molecular weight excluding hydrogens is 320 g/mol. The number of rotatable bonds is 7. The second kappa shape index (κ2) is 8.02. The summed E-state index contributed by atoms with van der Waals surface area (Å²) in [6.45, 7) is 3.29. The summed E-state index contributed by atoms with van der Waals surface area (Å²) >= 11 is 6.21. The second-order valence-corrected chi connectivity index (χ2v) is 6.15. The number of hydrogen-bond acceptors (Lipinski definition) is 2. The molecule has 124 valence electrons. The highest BCUT2D eigenvalue weighted by atomic mass is 35.5. The van der Waals surface area contributed by atoms with Crippen LogP contribution in [0.5, 0.6) is 5.88 Å². The van der Waals surface area contributed by atoms with Crippen LogP contribution in [0, 0.1) is 0 Å². The monoisotopic (exact) mass is 340 g/mol. The molecule has 0 atom stereocenters. The normalized spacial score (nSPS) is 10.8. The first kappa shape index (κ1) is 16.6. The Labute approximate surface area is 147 Å². The van der Waals surface area contributed by atoms with E-state index in [0.717, 1.165) is 35.0 Å². The summed E-state index contributed by atoms with van der Waals surface area (Å²) in [6, 6.07) is 20.1. The summed E-state index contributed by atoms with van der Waals surface area (Å²) in [5, 5.41) is 5.41. The largest absolute Gasteiger partial charge is 0.473 e. The maximum absolute atomic E-state index is 6.21. The average molecular weight is 341 g/mol. The first-order valence-corrected chi connectivity index (χ1v) is 8.61. The summed E-state index contributed by atoms with van der Waals surface area (Å²) in [5.74, 6) is 0.780. The standard InChI is InChI=1S/C20H21ClN2O/c1-2-8-18-13-20(24-15-17-11-6-7-12-19(17)21)23(22-18)14-16-9-4-3-5-10-16/h3-7,9-13H,2,8,14-15H2,1H3. The van der Waals surface area contributed by atoms with Crippen LogP contribution in [0.2, 0.25) is 5.02 Å². The predicted octanol–water partition coefficient (Wildman–Crippen LogP) is 5.12. The quantitative estimate of drug-likeness (QED) is 0.597. The van der Waals surface area contributed by atoms with Crippen molar-refractivity contribution in [3.63, 3.8) is 0 Å². The fraction of sp³-hybridized carbons (Fsp3) is 0.250. The van der Waals surface area contributed by atoms with Crippen LogP contribution in [-0.2, 0) is 19.6 Å². The molecular formula is C20H21ClN2O. The lowest BCUT2D eigenvalue weighted by Crippen LogP contribution is -2.06. The van der Waals surface area contributed by atoms with Gasteiger partial charge >= 0.3 is 0 Å². The highest BCUT2D eigenvalue weighted by molar-refractivity contribution is 6.31. The molecule has 2 aromatic carbocycles. The molecule has 1 aromatic heterocycles. The Balaban J connectivity index is 1.79. The number of benzene rings is 2. The van der Waals surface area contributed by atoms with Crippen LogP contribution in [-0.4, -0.2) is 9.78 Å². The third kappa shape index (κ3) is 4.18. The molecule has 0 fully saturated rings. The molecule has 3 rings (SSSR count). The van der Waals surface area contributed by atoms with E-state index in [4.69, 9.17) is 16.3 Å². The zero-order valence-corrected chi connectivity index (χ0v) is 14.5. The van der Waals surface area contributed by atoms with E-state index in [1.807, 2.05) is 53.2 Å². The molecule has 0 unspecified atom stereocenters. The molecule has 0 aliphatic rings. The van der Waals surface area contributed by atoms with E-state index >= 15 is 0 Å². The maximum atomic E-state index is 6.21. The topological polar surface area (TPSA) is 27.1 Å². The fourth-order valence-electron chi connectivity index (χ4n) is 2.58. The fourth-order valence-corrected chi connectivity index (χ4v) is 2.77. The van der Waals surface area contributed by atoms with Crippen molar-refractivity contribution < 1.29 is 4.74 Å². The van der Waals surface area contributed by atoms with Crippen molar-refractivity contribution in [3.05, 3.63) is 82.5 Å². The van der Waals surface area contributed by atoms with Crippen LogP contribution in [0.4, 0.5) is 0 Å². The van der Waals surface area contributed by atoms with E-state index in [9.17, 15) is 0 Å². The maximum Gasteiger partial charge on any atom is 0.212 e. The Morgan fingerprint density at radius 1 is 1.04 bits per heavy atom. The molecule has 0 saturated heterocycles. The Morgan fingerprint density at radius 2 is 1.79 bits per heavy atom. The molecule has 0 spiro atoms. The Hall–Kier alpha value is -2.26. The first-order valence-electron chi connectivity index (χ1n) is 8.23. The van der Waals surface area contributed by atoms with Crippen LogP contribution in [0.25, 0.3) is 0 Å². The number of hydrogen-bond donors (Lipinski definition) is 0. The number of ether oxygens (including phenoxy) is 1. The molecule has 24 heavy (non-hydrogen) atoms. The van der Waals surface area contributed by atoms with E-state index in [2.05, 4.69) is 24.2 Å². The molecule has 0 saturated carbocycles. The second-order valence-electron chi connectivity index (χ2n) is 5.75. The predicted molar refractivity (Wildman–Crippen MR) is 97.6 cm³/mol. The lowest BCUT2D eigenvalue weighted by Gasteiger charge is -2.10. The van der Waals surface area contributed by atoms with Crippen molar-refractivity contribution in [1.29, 1.82) is 0 Å². The number of aromatic nitrogens is 2. The van der Waals surface area contributed by atoms with Crippen molar-refractivity contribution in [2.24, 2.45) is 0 Å². The van der Waals surface area contributed by atoms with Gasteiger partial charge in [-0.15, -0.1) is 0 Å². The van der Waals surface area contributed by atoms with Crippen molar-refractivity contribution in [2.75, 3.05) is 0 Å². The SMILES string of the molecule is CCCc1cc(OCc2ccccc2Cl)n(Cc2ccccc2)n1. The highest BCUT2D eigenvalue weighted by Gasteiger charge is 2.10. The highest BCUT2D eigenvalue weighted by Crippen LogP contribution is 2.21. The minimum atomic E-state index is 0.436. The van der Waals surface area contributed by atoms with Crippen LogP contribution in [0.3, 0.4) is 0 Å². The van der Waals surface area contributed by atoms with Gasteiger partial charge in [0.25, 0.3) is 0 Å². The lowest BCUT2D eigenvalue weighted by molar-refractivity contribution is 0.275.